The topological polar surface area (TPSA) is 106 Å². The molecule has 2 aliphatic heterocycles. The Hall–Kier alpha value is -1.92. The van der Waals surface area contributed by atoms with Crippen molar-refractivity contribution in [2.45, 2.75) is 24.7 Å². The highest BCUT2D eigenvalue weighted by Gasteiger charge is 2.43. The van der Waals surface area contributed by atoms with Crippen LogP contribution in [0.25, 0.3) is 5.70 Å². The molecule has 6 N–H and O–H groups in total. The number of hydrogen-bond acceptors (Lipinski definition) is 6. The van der Waals surface area contributed by atoms with Crippen molar-refractivity contribution < 1.29 is 14.2 Å². The van der Waals surface area contributed by atoms with E-state index in [9.17, 15) is 0 Å². The van der Waals surface area contributed by atoms with E-state index < -0.39 is 0 Å². The van der Waals surface area contributed by atoms with E-state index >= 15 is 0 Å². The Labute approximate surface area is 117 Å². The van der Waals surface area contributed by atoms with Gasteiger partial charge in [-0.1, -0.05) is 6.58 Å². The van der Waals surface area contributed by atoms with E-state index in [1.807, 2.05) is 0 Å². The molecule has 0 amide bonds. The fourth-order valence-corrected chi connectivity index (χ4v) is 2.69. The van der Waals surface area contributed by atoms with E-state index in [1.165, 1.54) is 0 Å². The Bertz CT molecular complexity index is 547. The van der Waals surface area contributed by atoms with Crippen molar-refractivity contribution >= 4 is 17.1 Å². The third-order valence-corrected chi connectivity index (χ3v) is 3.73. The van der Waals surface area contributed by atoms with Crippen LogP contribution in [-0.4, -0.2) is 31.5 Å². The number of rotatable bonds is 3. The minimum Gasteiger partial charge on any atom is -0.483 e. The predicted octanol–water partition coefficient (Wildman–Crippen LogP) is 0.715. The number of hydrogen-bond donors (Lipinski definition) is 3. The highest BCUT2D eigenvalue weighted by atomic mass is 16.6. The second-order valence-electron chi connectivity index (χ2n) is 5.15. The third kappa shape index (κ3) is 2.17. The molecule has 0 spiro atoms. The van der Waals surface area contributed by atoms with Crippen LogP contribution in [0.5, 0.6) is 5.75 Å². The zero-order chi connectivity index (χ0) is 14.3. The van der Waals surface area contributed by atoms with Crippen molar-refractivity contribution in [1.82, 2.24) is 0 Å². The molecule has 20 heavy (non-hydrogen) atoms. The minimum atomic E-state index is -0.156. The molecule has 1 aromatic carbocycles. The maximum absolute atomic E-state index is 5.98. The van der Waals surface area contributed by atoms with Gasteiger partial charge in [-0.15, -0.1) is 0 Å². The molecule has 0 radical (unpaired) electrons. The summed E-state index contributed by atoms with van der Waals surface area (Å²) >= 11 is 0. The van der Waals surface area contributed by atoms with E-state index in [-0.39, 0.29) is 18.3 Å². The summed E-state index contributed by atoms with van der Waals surface area (Å²) in [5.74, 6) is 0.525. The summed E-state index contributed by atoms with van der Waals surface area (Å²) < 4.78 is 17.2. The molecule has 0 saturated carbocycles. The summed E-state index contributed by atoms with van der Waals surface area (Å²) in [4.78, 5) is 0. The van der Waals surface area contributed by atoms with Crippen LogP contribution in [0.2, 0.25) is 0 Å². The van der Waals surface area contributed by atoms with Crippen molar-refractivity contribution in [3.8, 4) is 5.75 Å². The quantitative estimate of drug-likeness (QED) is 0.703. The molecule has 6 nitrogen and oxygen atoms in total. The lowest BCUT2D eigenvalue weighted by Gasteiger charge is -2.20. The van der Waals surface area contributed by atoms with Crippen molar-refractivity contribution in [2.75, 3.05) is 24.7 Å². The van der Waals surface area contributed by atoms with Crippen LogP contribution >= 0.6 is 0 Å². The van der Waals surface area contributed by atoms with Crippen LogP contribution in [0, 0.1) is 0 Å². The molecule has 108 valence electrons. The van der Waals surface area contributed by atoms with Crippen LogP contribution in [-0.2, 0) is 9.47 Å². The number of benzene rings is 1. The number of ether oxygens (including phenoxy) is 3. The Morgan fingerprint density at radius 2 is 2.05 bits per heavy atom. The fourth-order valence-electron chi connectivity index (χ4n) is 2.69. The van der Waals surface area contributed by atoms with E-state index in [1.54, 1.807) is 12.1 Å². The average Bonchev–Trinajstić information content (AvgIpc) is 2.97. The normalized spacial score (nSPS) is 28.3. The SMILES string of the molecule is C=C(N)c1cc(N)c(O[C@H]2COC3CCOC32)cc1N. The number of anilines is 2. The molecule has 0 aromatic heterocycles. The monoisotopic (exact) mass is 277 g/mol. The van der Waals surface area contributed by atoms with Gasteiger partial charge < -0.3 is 31.4 Å². The van der Waals surface area contributed by atoms with Crippen molar-refractivity contribution in [1.29, 1.82) is 0 Å². The van der Waals surface area contributed by atoms with E-state index in [4.69, 9.17) is 31.4 Å². The lowest BCUT2D eigenvalue weighted by Crippen LogP contribution is -2.32. The molecule has 6 heteroatoms. The van der Waals surface area contributed by atoms with Crippen LogP contribution in [0.3, 0.4) is 0 Å². The third-order valence-electron chi connectivity index (χ3n) is 3.73. The summed E-state index contributed by atoms with van der Waals surface area (Å²) in [6.07, 6.45) is 0.853. The molecular weight excluding hydrogens is 258 g/mol. The van der Waals surface area contributed by atoms with Crippen LogP contribution in [0.4, 0.5) is 11.4 Å². The van der Waals surface area contributed by atoms with Gasteiger partial charge in [0.15, 0.2) is 6.10 Å². The first-order valence-electron chi connectivity index (χ1n) is 6.60. The first-order valence-corrected chi connectivity index (χ1v) is 6.60. The lowest BCUT2D eigenvalue weighted by molar-refractivity contribution is 0.0312. The van der Waals surface area contributed by atoms with Gasteiger partial charge >= 0.3 is 0 Å². The molecule has 2 saturated heterocycles. The first kappa shape index (κ1) is 13.1. The van der Waals surface area contributed by atoms with Gasteiger partial charge in [-0.3, -0.25) is 0 Å². The molecule has 2 heterocycles. The van der Waals surface area contributed by atoms with E-state index in [0.717, 1.165) is 6.42 Å². The first-order chi connectivity index (χ1) is 9.56. The summed E-state index contributed by atoms with van der Waals surface area (Å²) in [6.45, 7) is 4.87. The highest BCUT2D eigenvalue weighted by Crippen LogP contribution is 2.34. The highest BCUT2D eigenvalue weighted by molar-refractivity contribution is 5.77. The minimum absolute atomic E-state index is 0.0280. The Kier molecular flexibility index (Phi) is 3.19. The van der Waals surface area contributed by atoms with E-state index in [2.05, 4.69) is 6.58 Å². The van der Waals surface area contributed by atoms with Gasteiger partial charge in [0.25, 0.3) is 0 Å². The average molecular weight is 277 g/mol. The Morgan fingerprint density at radius 1 is 1.25 bits per heavy atom. The largest absolute Gasteiger partial charge is 0.483 e. The number of nitrogens with two attached hydrogens (primary N) is 3. The molecular formula is C14H19N3O3. The summed E-state index contributed by atoms with van der Waals surface area (Å²) in [7, 11) is 0. The van der Waals surface area contributed by atoms with Crippen molar-refractivity contribution in [3.63, 3.8) is 0 Å². The Morgan fingerprint density at radius 3 is 2.80 bits per heavy atom. The van der Waals surface area contributed by atoms with Gasteiger partial charge in [-0.2, -0.15) is 0 Å². The van der Waals surface area contributed by atoms with E-state index in [0.29, 0.717) is 41.6 Å². The second kappa shape index (κ2) is 4.88. The Balaban J connectivity index is 1.81. The van der Waals surface area contributed by atoms with Crippen molar-refractivity contribution in [3.05, 3.63) is 24.3 Å². The molecule has 0 bridgehead atoms. The molecule has 3 atom stereocenters. The maximum Gasteiger partial charge on any atom is 0.151 e. The molecule has 2 unspecified atom stereocenters. The van der Waals surface area contributed by atoms with Gasteiger partial charge in [-0.25, -0.2) is 0 Å². The van der Waals surface area contributed by atoms with Gasteiger partial charge in [0, 0.05) is 29.6 Å². The lowest BCUT2D eigenvalue weighted by atomic mass is 10.1. The molecule has 2 fully saturated rings. The summed E-state index contributed by atoms with van der Waals surface area (Å²) in [5, 5.41) is 0. The smallest absolute Gasteiger partial charge is 0.151 e. The molecule has 1 aromatic rings. The number of nitrogen functional groups attached to an aromatic ring is 2. The van der Waals surface area contributed by atoms with Crippen LogP contribution in [0.15, 0.2) is 18.7 Å². The van der Waals surface area contributed by atoms with Crippen LogP contribution in [0.1, 0.15) is 12.0 Å². The van der Waals surface area contributed by atoms with Crippen LogP contribution < -0.4 is 21.9 Å². The zero-order valence-corrected chi connectivity index (χ0v) is 11.2. The fraction of sp³-hybridized carbons (Fsp3) is 0.429. The zero-order valence-electron chi connectivity index (χ0n) is 11.2. The predicted molar refractivity (Wildman–Crippen MR) is 77.0 cm³/mol. The molecule has 2 aliphatic rings. The van der Waals surface area contributed by atoms with Gasteiger partial charge in [0.05, 0.1) is 18.4 Å². The summed E-state index contributed by atoms with van der Waals surface area (Å²) in [5.41, 5.74) is 19.5. The van der Waals surface area contributed by atoms with Gasteiger partial charge in [0.1, 0.15) is 11.9 Å². The maximum atomic E-state index is 5.98. The number of fused-ring (bicyclic) bond motifs is 1. The second-order valence-corrected chi connectivity index (χ2v) is 5.15. The van der Waals surface area contributed by atoms with Gasteiger partial charge in [0.2, 0.25) is 0 Å². The molecule has 0 aliphatic carbocycles. The van der Waals surface area contributed by atoms with Crippen molar-refractivity contribution in [2.24, 2.45) is 5.73 Å². The molecule has 3 rings (SSSR count). The summed E-state index contributed by atoms with van der Waals surface area (Å²) in [6, 6.07) is 3.35. The standard InChI is InChI=1S/C14H19N3O3/c1-7(15)8-4-10(17)12(5-9(8)16)20-13-6-19-11-2-3-18-14(11)13/h4-5,11,13-14H,1-3,6,15-17H2/t11?,13-,14?/m0/s1. The van der Waals surface area contributed by atoms with Gasteiger partial charge in [-0.05, 0) is 12.5 Å².